The number of carbonyl (C=O) groups excluding carboxylic acids is 1. The Morgan fingerprint density at radius 1 is 1.25 bits per heavy atom. The van der Waals surface area contributed by atoms with Crippen molar-refractivity contribution in [2.45, 2.75) is 6.92 Å². The predicted molar refractivity (Wildman–Crippen MR) is 90.3 cm³/mol. The molecule has 4 nitrogen and oxygen atoms in total. The van der Waals surface area contributed by atoms with E-state index < -0.39 is 0 Å². The molecule has 0 bridgehead atoms. The maximum Gasteiger partial charge on any atom is 0.224 e. The molecule has 0 heterocycles. The number of nitrogens with zero attached hydrogens (tertiary/aromatic N) is 1. The standard InChI is InChI=1S/C14H23N3O.2ClH/c1-12(11-15-2)14(18)16-9-10-17(3)13-7-5-4-6-8-13;;/h4-8,12,15H,9-11H2,1-3H3,(H,16,18);2*1H. The summed E-state index contributed by atoms with van der Waals surface area (Å²) in [5, 5.41) is 5.95. The first-order valence-corrected chi connectivity index (χ1v) is 6.33. The van der Waals surface area contributed by atoms with Gasteiger partial charge in [0, 0.05) is 38.3 Å². The molecule has 20 heavy (non-hydrogen) atoms. The second kappa shape index (κ2) is 11.8. The van der Waals surface area contributed by atoms with Crippen LogP contribution in [0, 0.1) is 5.92 Å². The van der Waals surface area contributed by atoms with E-state index in [0.29, 0.717) is 13.1 Å². The van der Waals surface area contributed by atoms with Crippen molar-refractivity contribution in [1.82, 2.24) is 10.6 Å². The van der Waals surface area contributed by atoms with Crippen molar-refractivity contribution in [2.75, 3.05) is 38.6 Å². The summed E-state index contributed by atoms with van der Waals surface area (Å²) in [6, 6.07) is 10.1. The summed E-state index contributed by atoms with van der Waals surface area (Å²) in [5.41, 5.74) is 1.16. The van der Waals surface area contributed by atoms with E-state index in [1.54, 1.807) is 0 Å². The Balaban J connectivity index is 0. The van der Waals surface area contributed by atoms with Gasteiger partial charge in [-0.1, -0.05) is 25.1 Å². The molecular weight excluding hydrogens is 297 g/mol. The summed E-state index contributed by atoms with van der Waals surface area (Å²) in [5.74, 6) is 0.114. The highest BCUT2D eigenvalue weighted by Gasteiger charge is 2.10. The van der Waals surface area contributed by atoms with E-state index >= 15 is 0 Å². The largest absolute Gasteiger partial charge is 0.373 e. The molecule has 0 saturated carbocycles. The van der Waals surface area contributed by atoms with Crippen LogP contribution in [0.3, 0.4) is 0 Å². The van der Waals surface area contributed by atoms with Gasteiger partial charge >= 0.3 is 0 Å². The Bertz CT molecular complexity index is 363. The molecule has 1 aromatic carbocycles. The zero-order valence-electron chi connectivity index (χ0n) is 12.3. The van der Waals surface area contributed by atoms with E-state index in [-0.39, 0.29) is 36.6 Å². The third-order valence-electron chi connectivity index (χ3n) is 2.90. The highest BCUT2D eigenvalue weighted by atomic mass is 35.5. The van der Waals surface area contributed by atoms with E-state index in [9.17, 15) is 4.79 Å². The normalized spacial score (nSPS) is 10.8. The zero-order chi connectivity index (χ0) is 13.4. The summed E-state index contributed by atoms with van der Waals surface area (Å²) in [6.45, 7) is 4.10. The van der Waals surface area contributed by atoms with Gasteiger partial charge in [0.15, 0.2) is 0 Å². The average Bonchev–Trinajstić information content (AvgIpc) is 2.39. The molecule has 1 unspecified atom stereocenters. The molecule has 1 atom stereocenters. The number of benzene rings is 1. The first kappa shape index (κ1) is 21.3. The SMILES string of the molecule is CNCC(C)C(=O)NCCN(C)c1ccccc1.Cl.Cl. The van der Waals surface area contributed by atoms with E-state index in [1.165, 1.54) is 0 Å². The minimum atomic E-state index is 0. The highest BCUT2D eigenvalue weighted by molar-refractivity contribution is 5.85. The lowest BCUT2D eigenvalue weighted by Gasteiger charge is -2.20. The molecule has 0 spiro atoms. The lowest BCUT2D eigenvalue weighted by atomic mass is 10.1. The Kier molecular flexibility index (Phi) is 12.6. The van der Waals surface area contributed by atoms with Gasteiger partial charge < -0.3 is 15.5 Å². The maximum absolute atomic E-state index is 11.7. The van der Waals surface area contributed by atoms with Gasteiger partial charge in [0.05, 0.1) is 0 Å². The number of anilines is 1. The lowest BCUT2D eigenvalue weighted by Crippen LogP contribution is -2.38. The summed E-state index contributed by atoms with van der Waals surface area (Å²) in [4.78, 5) is 13.8. The third kappa shape index (κ3) is 7.58. The number of hydrogen-bond acceptors (Lipinski definition) is 3. The molecular formula is C14H25Cl2N3O. The van der Waals surface area contributed by atoms with Gasteiger partial charge in [0.1, 0.15) is 0 Å². The molecule has 116 valence electrons. The Labute approximate surface area is 134 Å². The van der Waals surface area contributed by atoms with Crippen LogP contribution in [-0.4, -0.2) is 39.6 Å². The van der Waals surface area contributed by atoms with Crippen LogP contribution in [0.4, 0.5) is 5.69 Å². The van der Waals surface area contributed by atoms with Crippen molar-refractivity contribution >= 4 is 36.4 Å². The van der Waals surface area contributed by atoms with Gasteiger partial charge in [-0.3, -0.25) is 4.79 Å². The van der Waals surface area contributed by atoms with Gasteiger partial charge in [-0.2, -0.15) is 0 Å². The number of hydrogen-bond donors (Lipinski definition) is 2. The van der Waals surface area contributed by atoms with Crippen LogP contribution < -0.4 is 15.5 Å². The smallest absolute Gasteiger partial charge is 0.224 e. The molecule has 1 amide bonds. The number of carbonyl (C=O) groups is 1. The molecule has 1 aromatic rings. The van der Waals surface area contributed by atoms with Gasteiger partial charge in [0.2, 0.25) is 5.91 Å². The Morgan fingerprint density at radius 3 is 2.40 bits per heavy atom. The van der Waals surface area contributed by atoms with Gasteiger partial charge in [0.25, 0.3) is 0 Å². The summed E-state index contributed by atoms with van der Waals surface area (Å²) >= 11 is 0. The fraction of sp³-hybridized carbons (Fsp3) is 0.500. The second-order valence-electron chi connectivity index (χ2n) is 4.51. The van der Waals surface area contributed by atoms with E-state index in [4.69, 9.17) is 0 Å². The summed E-state index contributed by atoms with van der Waals surface area (Å²) in [6.07, 6.45) is 0. The Hall–Kier alpha value is -0.970. The number of nitrogens with one attached hydrogen (secondary N) is 2. The predicted octanol–water partition coefficient (Wildman–Crippen LogP) is 1.94. The number of rotatable bonds is 7. The monoisotopic (exact) mass is 321 g/mol. The van der Waals surface area contributed by atoms with Crippen LogP contribution in [0.25, 0.3) is 0 Å². The number of halogens is 2. The zero-order valence-corrected chi connectivity index (χ0v) is 13.9. The summed E-state index contributed by atoms with van der Waals surface area (Å²) in [7, 11) is 3.88. The maximum atomic E-state index is 11.7. The number of amides is 1. The Morgan fingerprint density at radius 2 is 1.85 bits per heavy atom. The molecule has 1 rings (SSSR count). The fourth-order valence-electron chi connectivity index (χ4n) is 1.73. The van der Waals surface area contributed by atoms with E-state index in [0.717, 1.165) is 12.2 Å². The second-order valence-corrected chi connectivity index (χ2v) is 4.51. The van der Waals surface area contributed by atoms with Crippen molar-refractivity contribution in [1.29, 1.82) is 0 Å². The molecule has 0 radical (unpaired) electrons. The third-order valence-corrected chi connectivity index (χ3v) is 2.90. The topological polar surface area (TPSA) is 44.4 Å². The first-order valence-electron chi connectivity index (χ1n) is 6.33. The van der Waals surface area contributed by atoms with Crippen molar-refractivity contribution in [3.05, 3.63) is 30.3 Å². The van der Waals surface area contributed by atoms with Crippen molar-refractivity contribution in [2.24, 2.45) is 5.92 Å². The van der Waals surface area contributed by atoms with Crippen LogP contribution in [0.15, 0.2) is 30.3 Å². The number of para-hydroxylation sites is 1. The number of likely N-dealkylation sites (N-methyl/N-ethyl adjacent to an activating group) is 1. The van der Waals surface area contributed by atoms with Crippen LogP contribution in [-0.2, 0) is 4.79 Å². The average molecular weight is 322 g/mol. The van der Waals surface area contributed by atoms with Gasteiger partial charge in [-0.25, -0.2) is 0 Å². The molecule has 6 heteroatoms. The molecule has 0 aliphatic rings. The lowest BCUT2D eigenvalue weighted by molar-refractivity contribution is -0.124. The molecule has 0 saturated heterocycles. The molecule has 0 fully saturated rings. The minimum Gasteiger partial charge on any atom is -0.373 e. The minimum absolute atomic E-state index is 0. The van der Waals surface area contributed by atoms with Gasteiger partial charge in [-0.05, 0) is 19.2 Å². The molecule has 0 aromatic heterocycles. The molecule has 2 N–H and O–H groups in total. The van der Waals surface area contributed by atoms with Crippen LogP contribution in [0.5, 0.6) is 0 Å². The van der Waals surface area contributed by atoms with Gasteiger partial charge in [-0.15, -0.1) is 24.8 Å². The van der Waals surface area contributed by atoms with Crippen LogP contribution in [0.1, 0.15) is 6.92 Å². The highest BCUT2D eigenvalue weighted by Crippen LogP contribution is 2.09. The fourth-order valence-corrected chi connectivity index (χ4v) is 1.73. The van der Waals surface area contributed by atoms with Crippen molar-refractivity contribution in [3.63, 3.8) is 0 Å². The summed E-state index contributed by atoms with van der Waals surface area (Å²) < 4.78 is 0. The molecule has 0 aliphatic carbocycles. The molecule has 0 aliphatic heterocycles. The first-order chi connectivity index (χ1) is 8.65. The van der Waals surface area contributed by atoms with Crippen LogP contribution >= 0.6 is 24.8 Å². The van der Waals surface area contributed by atoms with Crippen molar-refractivity contribution in [3.8, 4) is 0 Å². The van der Waals surface area contributed by atoms with Crippen molar-refractivity contribution < 1.29 is 4.79 Å². The van der Waals surface area contributed by atoms with E-state index in [1.807, 2.05) is 39.2 Å². The van der Waals surface area contributed by atoms with Crippen LogP contribution in [0.2, 0.25) is 0 Å². The van der Waals surface area contributed by atoms with E-state index in [2.05, 4.69) is 27.7 Å². The quantitative estimate of drug-likeness (QED) is 0.806.